The number of thiophene rings is 2. The van der Waals surface area contributed by atoms with Crippen molar-refractivity contribution in [3.05, 3.63) is 42.8 Å². The number of ether oxygens (including phenoxy) is 2. The number of hydrogen-bond donors (Lipinski definition) is 0. The van der Waals surface area contributed by atoms with Crippen molar-refractivity contribution in [2.45, 2.75) is 44.9 Å². The summed E-state index contributed by atoms with van der Waals surface area (Å²) in [6.07, 6.45) is 7.20. The molecular weight excluding hydrogens is 356 g/mol. The summed E-state index contributed by atoms with van der Waals surface area (Å²) in [5.41, 5.74) is 2.60. The number of hydrogen-bond acceptors (Lipinski definition) is 6. The first-order chi connectivity index (χ1) is 12.2. The number of aryl methyl sites for hydroxylation is 4. The van der Waals surface area contributed by atoms with Gasteiger partial charge in [0.25, 0.3) is 0 Å². The van der Waals surface area contributed by atoms with Crippen molar-refractivity contribution in [2.24, 2.45) is 0 Å². The van der Waals surface area contributed by atoms with Crippen LogP contribution in [0.3, 0.4) is 0 Å². The van der Waals surface area contributed by atoms with Crippen LogP contribution in [0.2, 0.25) is 0 Å². The first-order valence-electron chi connectivity index (χ1n) is 8.78. The highest BCUT2D eigenvalue weighted by atomic mass is 32.1. The van der Waals surface area contributed by atoms with Crippen LogP contribution < -0.4 is 0 Å². The van der Waals surface area contributed by atoms with Gasteiger partial charge in [0.15, 0.2) is 0 Å². The van der Waals surface area contributed by atoms with E-state index in [9.17, 15) is 9.59 Å². The molecule has 0 amide bonds. The van der Waals surface area contributed by atoms with E-state index in [1.54, 1.807) is 22.7 Å². The summed E-state index contributed by atoms with van der Waals surface area (Å²) >= 11 is 3.10. The van der Waals surface area contributed by atoms with Crippen LogP contribution in [0, 0.1) is 0 Å². The molecule has 0 saturated heterocycles. The Morgan fingerprint density at radius 3 is 1.72 bits per heavy atom. The Kier molecular flexibility index (Phi) is 4.90. The Balaban J connectivity index is 1.17. The van der Waals surface area contributed by atoms with E-state index in [4.69, 9.17) is 9.47 Å². The van der Waals surface area contributed by atoms with Gasteiger partial charge in [0.2, 0.25) is 0 Å². The van der Waals surface area contributed by atoms with E-state index in [1.165, 1.54) is 33.7 Å². The normalized spacial score (nSPS) is 15.0. The van der Waals surface area contributed by atoms with E-state index in [1.807, 2.05) is 12.1 Å². The lowest BCUT2D eigenvalue weighted by Crippen LogP contribution is -2.10. The maximum atomic E-state index is 12.0. The molecule has 4 nitrogen and oxygen atoms in total. The maximum absolute atomic E-state index is 12.0. The first-order valence-corrected chi connectivity index (χ1v) is 10.4. The summed E-state index contributed by atoms with van der Waals surface area (Å²) in [6, 6.07) is 3.93. The van der Waals surface area contributed by atoms with Gasteiger partial charge >= 0.3 is 11.9 Å². The third-order valence-corrected chi connectivity index (χ3v) is 7.08. The number of fused-ring (bicyclic) bond motifs is 2. The monoisotopic (exact) mass is 376 g/mol. The molecule has 0 N–H and O–H groups in total. The van der Waals surface area contributed by atoms with Gasteiger partial charge in [0.05, 0.1) is 13.2 Å². The van der Waals surface area contributed by atoms with Crippen molar-refractivity contribution in [1.82, 2.24) is 0 Å². The van der Waals surface area contributed by atoms with Crippen LogP contribution in [-0.2, 0) is 35.2 Å². The van der Waals surface area contributed by atoms with Crippen molar-refractivity contribution in [3.63, 3.8) is 0 Å². The van der Waals surface area contributed by atoms with Gasteiger partial charge in [-0.15, -0.1) is 22.7 Å². The highest BCUT2D eigenvalue weighted by molar-refractivity contribution is 7.14. The lowest BCUT2D eigenvalue weighted by molar-refractivity contribution is 0.0402. The third kappa shape index (κ3) is 3.65. The number of rotatable bonds is 6. The molecule has 0 saturated carbocycles. The largest absolute Gasteiger partial charge is 0.461 e. The second kappa shape index (κ2) is 7.30. The lowest BCUT2D eigenvalue weighted by atomic mass is 10.2. The smallest absolute Gasteiger partial charge is 0.348 e. The Morgan fingerprint density at radius 2 is 1.28 bits per heavy atom. The van der Waals surface area contributed by atoms with Crippen molar-refractivity contribution < 1.29 is 19.1 Å². The highest BCUT2D eigenvalue weighted by Gasteiger charge is 2.20. The number of carbonyl (C=O) groups excluding carboxylic acids is 2. The molecule has 0 bridgehead atoms. The van der Waals surface area contributed by atoms with Crippen LogP contribution in [0.4, 0.5) is 0 Å². The molecule has 4 rings (SSSR count). The van der Waals surface area contributed by atoms with Crippen molar-refractivity contribution in [1.29, 1.82) is 0 Å². The molecular formula is C19H20O4S2. The van der Waals surface area contributed by atoms with Gasteiger partial charge in [-0.3, -0.25) is 0 Å². The molecule has 2 aliphatic rings. The summed E-state index contributed by atoms with van der Waals surface area (Å²) in [7, 11) is 0. The Hall–Kier alpha value is -1.66. The van der Waals surface area contributed by atoms with Crippen molar-refractivity contribution in [3.8, 4) is 0 Å². The quantitative estimate of drug-likeness (QED) is 0.560. The van der Waals surface area contributed by atoms with E-state index >= 15 is 0 Å². The minimum Gasteiger partial charge on any atom is -0.461 e. The van der Waals surface area contributed by atoms with Gasteiger partial charge in [0.1, 0.15) is 9.75 Å². The summed E-state index contributed by atoms with van der Waals surface area (Å²) in [4.78, 5) is 28.1. The molecule has 0 spiro atoms. The second-order valence-electron chi connectivity index (χ2n) is 6.45. The minimum absolute atomic E-state index is 0.264. The van der Waals surface area contributed by atoms with E-state index in [0.717, 1.165) is 25.7 Å². The molecule has 132 valence electrons. The third-order valence-electron chi connectivity index (χ3n) is 4.65. The second-order valence-corrected chi connectivity index (χ2v) is 8.72. The lowest BCUT2D eigenvalue weighted by Gasteiger charge is -2.05. The fraction of sp³-hybridized carbons (Fsp3) is 0.474. The Morgan fingerprint density at radius 1 is 0.800 bits per heavy atom. The van der Waals surface area contributed by atoms with Gasteiger partial charge in [-0.1, -0.05) is 0 Å². The molecule has 0 aliphatic heterocycles. The molecule has 0 aromatic carbocycles. The molecule has 2 heterocycles. The summed E-state index contributed by atoms with van der Waals surface area (Å²) in [5.74, 6) is -0.527. The zero-order valence-corrected chi connectivity index (χ0v) is 15.6. The molecule has 2 aliphatic carbocycles. The van der Waals surface area contributed by atoms with E-state index in [0.29, 0.717) is 16.2 Å². The fourth-order valence-electron chi connectivity index (χ4n) is 3.39. The van der Waals surface area contributed by atoms with Crippen LogP contribution in [0.15, 0.2) is 12.1 Å². The SMILES string of the molecule is O=C(OCCCOC(=O)c1cc2c(s1)CCC2)c1cc2c(s1)CCC2. The average molecular weight is 376 g/mol. The summed E-state index contributed by atoms with van der Waals surface area (Å²) in [5, 5.41) is 0. The predicted octanol–water partition coefficient (Wildman–Crippen LogP) is 4.19. The molecule has 0 unspecified atom stereocenters. The zero-order chi connectivity index (χ0) is 17.2. The van der Waals surface area contributed by atoms with Gasteiger partial charge in [0, 0.05) is 16.2 Å². The highest BCUT2D eigenvalue weighted by Crippen LogP contribution is 2.31. The molecule has 0 atom stereocenters. The van der Waals surface area contributed by atoms with Crippen LogP contribution in [0.5, 0.6) is 0 Å². The molecule has 0 radical (unpaired) electrons. The zero-order valence-electron chi connectivity index (χ0n) is 14.0. The molecule has 25 heavy (non-hydrogen) atoms. The topological polar surface area (TPSA) is 52.6 Å². The van der Waals surface area contributed by atoms with Gasteiger partial charge in [-0.25, -0.2) is 9.59 Å². The molecule has 0 fully saturated rings. The van der Waals surface area contributed by atoms with Gasteiger partial charge in [-0.2, -0.15) is 0 Å². The van der Waals surface area contributed by atoms with E-state index in [2.05, 4.69) is 0 Å². The van der Waals surface area contributed by atoms with Crippen LogP contribution in [-0.4, -0.2) is 25.2 Å². The Bertz CT molecular complexity index is 693. The fourth-order valence-corrected chi connectivity index (χ4v) is 5.68. The van der Waals surface area contributed by atoms with E-state index in [-0.39, 0.29) is 25.2 Å². The predicted molar refractivity (Wildman–Crippen MR) is 97.9 cm³/mol. The van der Waals surface area contributed by atoms with Gasteiger partial charge < -0.3 is 9.47 Å². The number of esters is 2. The molecule has 6 heteroatoms. The standard InChI is InChI=1S/C19H20O4S2/c20-18(16-10-12-4-1-6-14(12)24-16)22-8-3-9-23-19(21)17-11-13-5-2-7-15(13)25-17/h10-11H,1-9H2. The maximum Gasteiger partial charge on any atom is 0.348 e. The van der Waals surface area contributed by atoms with Crippen LogP contribution in [0.25, 0.3) is 0 Å². The van der Waals surface area contributed by atoms with Crippen molar-refractivity contribution >= 4 is 34.6 Å². The summed E-state index contributed by atoms with van der Waals surface area (Å²) in [6.45, 7) is 0.547. The van der Waals surface area contributed by atoms with E-state index < -0.39 is 0 Å². The minimum atomic E-state index is -0.264. The van der Waals surface area contributed by atoms with Gasteiger partial charge in [-0.05, 0) is 61.8 Å². The first kappa shape index (κ1) is 16.8. The summed E-state index contributed by atoms with van der Waals surface area (Å²) < 4.78 is 10.6. The molecule has 2 aromatic rings. The Labute approximate surface area is 154 Å². The van der Waals surface area contributed by atoms with Crippen LogP contribution in [0.1, 0.15) is 59.5 Å². The van der Waals surface area contributed by atoms with Crippen LogP contribution >= 0.6 is 22.7 Å². The number of carbonyl (C=O) groups is 2. The van der Waals surface area contributed by atoms with Crippen molar-refractivity contribution in [2.75, 3.05) is 13.2 Å². The average Bonchev–Trinajstić information content (AvgIpc) is 3.32. The molecule has 2 aromatic heterocycles.